The molecule has 0 unspecified atom stereocenters. The molecule has 0 bridgehead atoms. The number of nitrogens with one attached hydrogen (secondary N) is 1. The van der Waals surface area contributed by atoms with Crippen LogP contribution in [-0.2, 0) is 4.79 Å². The van der Waals surface area contributed by atoms with Crippen molar-refractivity contribution in [3.8, 4) is 17.2 Å². The highest BCUT2D eigenvalue weighted by molar-refractivity contribution is 6.21. The van der Waals surface area contributed by atoms with Gasteiger partial charge in [-0.3, -0.25) is 4.79 Å². The Balaban J connectivity index is 1.75. The van der Waals surface area contributed by atoms with E-state index in [0.717, 1.165) is 16.2 Å². The monoisotopic (exact) mass is 354 g/mol. The van der Waals surface area contributed by atoms with Crippen LogP contribution in [0.15, 0.2) is 42.5 Å². The fourth-order valence-corrected chi connectivity index (χ4v) is 2.81. The quantitative estimate of drug-likeness (QED) is 0.796. The van der Waals surface area contributed by atoms with Crippen molar-refractivity contribution in [2.24, 2.45) is 0 Å². The van der Waals surface area contributed by atoms with Crippen LogP contribution in [0.3, 0.4) is 0 Å². The number of carbonyl (C=O) groups is 2. The number of amides is 3. The Morgan fingerprint density at radius 3 is 2.35 bits per heavy atom. The van der Waals surface area contributed by atoms with E-state index >= 15 is 0 Å². The van der Waals surface area contributed by atoms with Gasteiger partial charge in [0.1, 0.15) is 23.3 Å². The molecule has 1 N–H and O–H groups in total. The Kier molecular flexibility index (Phi) is 5.11. The topological polar surface area (TPSA) is 67.9 Å². The molecule has 0 radical (unpaired) electrons. The highest BCUT2D eigenvalue weighted by atomic mass is 16.5. The van der Waals surface area contributed by atoms with Gasteiger partial charge >= 0.3 is 6.03 Å². The van der Waals surface area contributed by atoms with Crippen LogP contribution < -0.4 is 19.7 Å². The minimum Gasteiger partial charge on any atom is -0.493 e. The van der Waals surface area contributed by atoms with Gasteiger partial charge in [-0.2, -0.15) is 0 Å². The number of rotatable bonds is 6. The molecule has 2 aromatic rings. The average molecular weight is 354 g/mol. The maximum absolute atomic E-state index is 12.3. The first-order valence-corrected chi connectivity index (χ1v) is 8.69. The molecule has 1 atom stereocenters. The van der Waals surface area contributed by atoms with Crippen molar-refractivity contribution < 1.29 is 19.1 Å². The third-order valence-electron chi connectivity index (χ3n) is 4.22. The van der Waals surface area contributed by atoms with Gasteiger partial charge in [0.25, 0.3) is 5.91 Å². The molecule has 1 aliphatic heterocycles. The first kappa shape index (κ1) is 17.8. The van der Waals surface area contributed by atoms with Gasteiger partial charge < -0.3 is 14.8 Å². The summed E-state index contributed by atoms with van der Waals surface area (Å²) < 4.78 is 11.4. The van der Waals surface area contributed by atoms with Crippen molar-refractivity contribution in [2.75, 3.05) is 11.5 Å². The minimum absolute atomic E-state index is 0.231. The summed E-state index contributed by atoms with van der Waals surface area (Å²) in [6.07, 6.45) is 0.567. The van der Waals surface area contributed by atoms with Crippen molar-refractivity contribution in [1.29, 1.82) is 0 Å². The summed E-state index contributed by atoms with van der Waals surface area (Å²) in [5.74, 6) is 1.82. The summed E-state index contributed by atoms with van der Waals surface area (Å²) in [7, 11) is 0. The van der Waals surface area contributed by atoms with Gasteiger partial charge in [-0.1, -0.05) is 13.0 Å². The predicted molar refractivity (Wildman–Crippen MR) is 99.0 cm³/mol. The predicted octanol–water partition coefficient (Wildman–Crippen LogP) is 4.02. The largest absolute Gasteiger partial charge is 0.493 e. The van der Waals surface area contributed by atoms with Gasteiger partial charge in [0.05, 0.1) is 12.3 Å². The van der Waals surface area contributed by atoms with Gasteiger partial charge in [0, 0.05) is 6.07 Å². The molecule has 1 saturated heterocycles. The number of carbonyl (C=O) groups excluding carboxylic acids is 2. The number of hydrogen-bond donors (Lipinski definition) is 1. The van der Waals surface area contributed by atoms with E-state index in [1.165, 1.54) is 0 Å². The SMILES string of the molecule is CCOc1cc(Oc2ccc(N3C(=O)N[C@H](CC)C3=O)cc2)ccc1C. The van der Waals surface area contributed by atoms with Crippen LogP contribution in [0.5, 0.6) is 17.2 Å². The van der Waals surface area contributed by atoms with Crippen LogP contribution in [0.1, 0.15) is 25.8 Å². The number of imide groups is 1. The maximum Gasteiger partial charge on any atom is 0.329 e. The van der Waals surface area contributed by atoms with Crippen LogP contribution >= 0.6 is 0 Å². The maximum atomic E-state index is 12.3. The third-order valence-corrected chi connectivity index (χ3v) is 4.22. The molecule has 6 heteroatoms. The number of benzene rings is 2. The van der Waals surface area contributed by atoms with Crippen molar-refractivity contribution in [3.63, 3.8) is 0 Å². The number of anilines is 1. The first-order chi connectivity index (χ1) is 12.5. The fraction of sp³-hybridized carbons (Fsp3) is 0.300. The van der Waals surface area contributed by atoms with E-state index in [4.69, 9.17) is 9.47 Å². The van der Waals surface area contributed by atoms with Crippen molar-refractivity contribution in [1.82, 2.24) is 5.32 Å². The summed E-state index contributed by atoms with van der Waals surface area (Å²) in [6, 6.07) is 11.7. The normalized spacial score (nSPS) is 16.6. The molecule has 2 aromatic carbocycles. The van der Waals surface area contributed by atoms with Crippen molar-refractivity contribution >= 4 is 17.6 Å². The lowest BCUT2D eigenvalue weighted by Gasteiger charge is -2.14. The highest BCUT2D eigenvalue weighted by Gasteiger charge is 2.37. The van der Waals surface area contributed by atoms with Gasteiger partial charge in [-0.05, 0) is 56.2 Å². The molecule has 3 amide bonds. The van der Waals surface area contributed by atoms with Crippen molar-refractivity contribution in [2.45, 2.75) is 33.2 Å². The van der Waals surface area contributed by atoms with Crippen LogP contribution in [0, 0.1) is 6.92 Å². The van der Waals surface area contributed by atoms with Gasteiger partial charge in [-0.25, -0.2) is 9.69 Å². The first-order valence-electron chi connectivity index (χ1n) is 8.69. The fourth-order valence-electron chi connectivity index (χ4n) is 2.81. The molecule has 0 saturated carbocycles. The number of aryl methyl sites for hydroxylation is 1. The van der Waals surface area contributed by atoms with Crippen LogP contribution in [0.2, 0.25) is 0 Å². The molecular weight excluding hydrogens is 332 g/mol. The van der Waals surface area contributed by atoms with Gasteiger partial charge in [0.2, 0.25) is 0 Å². The van der Waals surface area contributed by atoms with Crippen LogP contribution in [0.4, 0.5) is 10.5 Å². The van der Waals surface area contributed by atoms with Crippen LogP contribution in [-0.4, -0.2) is 24.6 Å². The summed E-state index contributed by atoms with van der Waals surface area (Å²) in [5, 5.41) is 2.67. The lowest BCUT2D eigenvalue weighted by molar-refractivity contribution is -0.118. The van der Waals surface area contributed by atoms with Crippen LogP contribution in [0.25, 0.3) is 0 Å². The summed E-state index contributed by atoms with van der Waals surface area (Å²) >= 11 is 0. The lowest BCUT2D eigenvalue weighted by Crippen LogP contribution is -2.31. The van der Waals surface area contributed by atoms with E-state index in [9.17, 15) is 9.59 Å². The molecule has 0 spiro atoms. The number of hydrogen-bond acceptors (Lipinski definition) is 4. The van der Waals surface area contributed by atoms with E-state index in [1.807, 2.05) is 39.0 Å². The van der Waals surface area contributed by atoms with E-state index in [0.29, 0.717) is 30.2 Å². The number of urea groups is 1. The standard InChI is InChI=1S/C20H22N2O4/c1-4-17-19(23)22(20(24)21-17)14-7-10-15(11-8-14)26-16-9-6-13(3)18(12-16)25-5-2/h6-12,17H,4-5H2,1-3H3,(H,21,24)/t17-/m1/s1. The second kappa shape index (κ2) is 7.47. The second-order valence-corrected chi connectivity index (χ2v) is 6.04. The van der Waals surface area contributed by atoms with Crippen molar-refractivity contribution in [3.05, 3.63) is 48.0 Å². The third kappa shape index (κ3) is 3.49. The Morgan fingerprint density at radius 1 is 1.04 bits per heavy atom. The number of nitrogens with zero attached hydrogens (tertiary/aromatic N) is 1. The zero-order chi connectivity index (χ0) is 18.7. The molecule has 1 fully saturated rings. The smallest absolute Gasteiger partial charge is 0.329 e. The van der Waals surface area contributed by atoms with E-state index in [2.05, 4.69) is 5.32 Å². The molecule has 136 valence electrons. The summed E-state index contributed by atoms with van der Waals surface area (Å²) in [5.41, 5.74) is 1.56. The molecule has 1 aliphatic rings. The Labute approximate surface area is 152 Å². The van der Waals surface area contributed by atoms with E-state index in [-0.39, 0.29) is 5.91 Å². The summed E-state index contributed by atoms with van der Waals surface area (Å²) in [6.45, 7) is 6.36. The Morgan fingerprint density at radius 2 is 1.73 bits per heavy atom. The van der Waals surface area contributed by atoms with E-state index < -0.39 is 12.1 Å². The number of ether oxygens (including phenoxy) is 2. The molecule has 1 heterocycles. The molecule has 3 rings (SSSR count). The Hall–Kier alpha value is -3.02. The summed E-state index contributed by atoms with van der Waals surface area (Å²) in [4.78, 5) is 25.4. The second-order valence-electron chi connectivity index (χ2n) is 6.04. The minimum atomic E-state index is -0.456. The highest BCUT2D eigenvalue weighted by Crippen LogP contribution is 2.30. The molecule has 26 heavy (non-hydrogen) atoms. The van der Waals surface area contributed by atoms with Gasteiger partial charge in [-0.15, -0.1) is 0 Å². The molecule has 0 aliphatic carbocycles. The van der Waals surface area contributed by atoms with Gasteiger partial charge in [0.15, 0.2) is 0 Å². The molecule has 6 nitrogen and oxygen atoms in total. The molecule has 0 aromatic heterocycles. The zero-order valence-electron chi connectivity index (χ0n) is 15.1. The molecular formula is C20H22N2O4. The van der Waals surface area contributed by atoms with E-state index in [1.54, 1.807) is 24.3 Å². The Bertz CT molecular complexity index is 817. The zero-order valence-corrected chi connectivity index (χ0v) is 15.1. The lowest BCUT2D eigenvalue weighted by atomic mass is 10.2. The average Bonchev–Trinajstić information content (AvgIpc) is 2.92.